The number of phosphoric ester groups is 2. The van der Waals surface area contributed by atoms with Gasteiger partial charge in [0.2, 0.25) is 0 Å². The third kappa shape index (κ3) is 18.6. The molecule has 0 bridgehead atoms. The van der Waals surface area contributed by atoms with Crippen LogP contribution >= 0.6 is 15.6 Å². The molecule has 6 aromatic rings. The van der Waals surface area contributed by atoms with Gasteiger partial charge in [-0.1, -0.05) is 0 Å². The fourth-order valence-electron chi connectivity index (χ4n) is 6.43. The fraction of sp³-hybridized carbons (Fsp3) is 0.280. The number of nitrogens with one attached hydrogen (secondary N) is 2. The van der Waals surface area contributed by atoms with E-state index in [-0.39, 0.29) is 39.6 Å². The number of pyridine rings is 2. The Labute approximate surface area is 439 Å². The van der Waals surface area contributed by atoms with Crippen LogP contribution < -0.4 is 31.2 Å². The minimum absolute atomic E-state index is 0.00938. The molecular weight excluding hydrogens is 1090 g/mol. The number of phosphoric acid groups is 2. The Hall–Kier alpha value is -7.02. The van der Waals surface area contributed by atoms with E-state index in [1.54, 1.807) is 41.5 Å². The molecule has 0 saturated carbocycles. The molecule has 0 aliphatic heterocycles. The number of nitrogens with zero attached hydrogens (tertiary/aromatic N) is 2. The first-order valence-corrected chi connectivity index (χ1v) is 25.6. The molecule has 18 nitrogen and oxygen atoms in total. The number of aryl methyl sites for hydroxylation is 2. The van der Waals surface area contributed by atoms with E-state index < -0.39 is 110 Å². The van der Waals surface area contributed by atoms with Gasteiger partial charge in [-0.2, -0.15) is 26.3 Å². The highest BCUT2D eigenvalue weighted by Crippen LogP contribution is 2.55. The molecule has 0 saturated heterocycles. The molecule has 420 valence electrons. The number of hydrogen-bond donors (Lipinski definition) is 4. The summed E-state index contributed by atoms with van der Waals surface area (Å²) in [5.41, 5.74) is -5.46. The highest BCUT2D eigenvalue weighted by molar-refractivity contribution is 7.48. The van der Waals surface area contributed by atoms with E-state index in [1.165, 1.54) is 44.3 Å². The predicted octanol–water partition coefficient (Wildman–Crippen LogP) is 12.5. The first kappa shape index (κ1) is 61.8. The van der Waals surface area contributed by atoms with Crippen LogP contribution in [0.1, 0.15) is 84.5 Å². The Kier molecular flexibility index (Phi) is 19.3. The summed E-state index contributed by atoms with van der Waals surface area (Å²) in [5.74, 6) is -3.78. The number of carbonyl (C=O) groups is 2. The summed E-state index contributed by atoms with van der Waals surface area (Å²) < 4.78 is 165. The number of hydrogen-bond acceptors (Lipinski definition) is 12. The molecule has 0 atom stereocenters. The Morgan fingerprint density at radius 3 is 1.23 bits per heavy atom. The normalized spacial score (nSPS) is 12.3. The van der Waals surface area contributed by atoms with Crippen LogP contribution in [-0.4, -0.2) is 41.9 Å². The van der Waals surface area contributed by atoms with E-state index in [0.717, 1.165) is 63.9 Å². The lowest BCUT2D eigenvalue weighted by molar-refractivity contribution is -0.138. The first-order chi connectivity index (χ1) is 35.9. The zero-order valence-corrected chi connectivity index (χ0v) is 44.2. The molecule has 2 heterocycles. The molecule has 28 heteroatoms. The fourth-order valence-corrected chi connectivity index (χ4v) is 8.45. The standard InChI is InChI=1S/C29H33F4N2O7P.C21H17F4N2O7P/c1-18-14-20(30)9-11-23(18)40-24-15-19(29(31,32)33)8-10-22(24)26(37)34-21-12-13-35(25(36)16-21)17-39-43(38,41-27(2,3)4)42-28(5,6)7;1-12-8-14(22)3-5-17(12)34-18-9-13(21(23,24)25)2-4-16(18)20(29)26-15-6-7-27(19(28)10-15)11-33-35(30,31)32/h8-16H,17H2,1-7H3,(H,34,37);2-10H,11H2,1H3,(H,26,29)(H2,30,31,32). The summed E-state index contributed by atoms with van der Waals surface area (Å²) in [4.78, 5) is 68.2. The van der Waals surface area contributed by atoms with Crippen molar-refractivity contribution in [3.05, 3.63) is 175 Å². The van der Waals surface area contributed by atoms with Crippen molar-refractivity contribution in [3.63, 3.8) is 0 Å². The van der Waals surface area contributed by atoms with E-state index in [9.17, 15) is 63.4 Å². The molecule has 0 spiro atoms. The van der Waals surface area contributed by atoms with Crippen LogP contribution in [0.15, 0.2) is 119 Å². The number of carbonyl (C=O) groups excluding carboxylic acids is 2. The molecule has 4 N–H and O–H groups in total. The Balaban J connectivity index is 0.000000293. The summed E-state index contributed by atoms with van der Waals surface area (Å²) in [5, 5.41) is 4.79. The second-order valence-electron chi connectivity index (χ2n) is 18.7. The number of aromatic nitrogens is 2. The minimum atomic E-state index is -4.83. The van der Waals surface area contributed by atoms with E-state index in [0.29, 0.717) is 29.8 Å². The molecular formula is C50H50F8N4O14P2. The second kappa shape index (κ2) is 24.3. The quantitative estimate of drug-likeness (QED) is 0.0522. The number of alkyl halides is 6. The van der Waals surface area contributed by atoms with Crippen molar-refractivity contribution < 1.29 is 91.2 Å². The van der Waals surface area contributed by atoms with E-state index in [2.05, 4.69) is 15.2 Å². The minimum Gasteiger partial charge on any atom is -0.456 e. The topological polar surface area (TPSA) is 232 Å². The van der Waals surface area contributed by atoms with E-state index in [1.807, 2.05) is 0 Å². The zero-order valence-electron chi connectivity index (χ0n) is 42.4. The van der Waals surface area contributed by atoms with Crippen LogP contribution in [-0.2, 0) is 53.0 Å². The Morgan fingerprint density at radius 1 is 0.538 bits per heavy atom. The van der Waals surface area contributed by atoms with Crippen molar-refractivity contribution >= 4 is 38.8 Å². The molecule has 2 aromatic heterocycles. The Morgan fingerprint density at radius 2 is 0.910 bits per heavy atom. The summed E-state index contributed by atoms with van der Waals surface area (Å²) in [6, 6.07) is 15.8. The Bertz CT molecular complexity index is 3380. The highest BCUT2D eigenvalue weighted by Gasteiger charge is 2.38. The molecule has 0 aliphatic carbocycles. The molecule has 0 unspecified atom stereocenters. The first-order valence-electron chi connectivity index (χ1n) is 22.6. The van der Waals surface area contributed by atoms with Crippen LogP contribution in [0.2, 0.25) is 0 Å². The van der Waals surface area contributed by atoms with Gasteiger partial charge in [0.25, 0.3) is 22.9 Å². The predicted molar refractivity (Wildman–Crippen MR) is 266 cm³/mol. The lowest BCUT2D eigenvalue weighted by Gasteiger charge is -2.30. The summed E-state index contributed by atoms with van der Waals surface area (Å²) in [6.45, 7) is 11.7. The van der Waals surface area contributed by atoms with E-state index >= 15 is 0 Å². The van der Waals surface area contributed by atoms with Gasteiger partial charge < -0.3 is 29.9 Å². The lowest BCUT2D eigenvalue weighted by atomic mass is 10.1. The van der Waals surface area contributed by atoms with Gasteiger partial charge in [0.1, 0.15) is 48.1 Å². The maximum atomic E-state index is 13.5. The van der Waals surface area contributed by atoms with Crippen molar-refractivity contribution in [2.24, 2.45) is 0 Å². The average molecular weight is 1140 g/mol. The summed E-state index contributed by atoms with van der Waals surface area (Å²) >= 11 is 0. The molecule has 2 amide bonds. The zero-order chi connectivity index (χ0) is 58.3. The van der Waals surface area contributed by atoms with Gasteiger partial charge in [-0.25, -0.2) is 17.9 Å². The third-order valence-corrected chi connectivity index (χ3v) is 12.2. The van der Waals surface area contributed by atoms with Gasteiger partial charge in [0.15, 0.2) is 0 Å². The van der Waals surface area contributed by atoms with Crippen molar-refractivity contribution in [1.82, 2.24) is 9.13 Å². The van der Waals surface area contributed by atoms with Crippen molar-refractivity contribution in [3.8, 4) is 23.0 Å². The van der Waals surface area contributed by atoms with Crippen molar-refractivity contribution in [1.29, 1.82) is 0 Å². The number of halogens is 8. The number of anilines is 2. The molecule has 0 fully saturated rings. The van der Waals surface area contributed by atoms with Gasteiger partial charge in [-0.3, -0.25) is 46.4 Å². The van der Waals surface area contributed by atoms with Crippen LogP contribution in [0.25, 0.3) is 0 Å². The number of amides is 2. The third-order valence-electron chi connectivity index (χ3n) is 9.82. The maximum Gasteiger partial charge on any atom is 0.477 e. The maximum absolute atomic E-state index is 13.5. The molecule has 78 heavy (non-hydrogen) atoms. The van der Waals surface area contributed by atoms with Gasteiger partial charge in [0, 0.05) is 35.9 Å². The largest absolute Gasteiger partial charge is 0.477 e. The number of ether oxygens (including phenoxy) is 2. The van der Waals surface area contributed by atoms with Gasteiger partial charge >= 0.3 is 28.0 Å². The van der Waals surface area contributed by atoms with Crippen LogP contribution in [0.4, 0.5) is 46.5 Å². The lowest BCUT2D eigenvalue weighted by Crippen LogP contribution is -2.26. The van der Waals surface area contributed by atoms with Crippen molar-refractivity contribution in [2.75, 3.05) is 10.6 Å². The number of rotatable bonds is 16. The summed E-state index contributed by atoms with van der Waals surface area (Å²) in [7, 11) is -8.95. The average Bonchev–Trinajstić information content (AvgIpc) is 3.30. The van der Waals surface area contributed by atoms with Crippen molar-refractivity contribution in [2.45, 2.75) is 92.4 Å². The monoisotopic (exact) mass is 1140 g/mol. The van der Waals surface area contributed by atoms with Crippen LogP contribution in [0.3, 0.4) is 0 Å². The van der Waals surface area contributed by atoms with Crippen LogP contribution in [0, 0.1) is 25.5 Å². The molecule has 0 aliphatic rings. The SMILES string of the molecule is Cc1cc(F)ccc1Oc1cc(C(F)(F)F)ccc1C(=O)Nc1ccn(COP(=O)(O)O)c(=O)c1.Cc1cc(F)ccc1Oc1cc(C(F)(F)F)ccc1C(=O)Nc1ccn(COP(=O)(OC(C)(C)C)OC(C)(C)C)c(=O)c1. The molecule has 6 rings (SSSR count). The van der Waals surface area contributed by atoms with Gasteiger partial charge in [0.05, 0.1) is 33.5 Å². The van der Waals surface area contributed by atoms with E-state index in [4.69, 9.17) is 32.8 Å². The van der Waals surface area contributed by atoms with Gasteiger partial charge in [-0.05, 0) is 151 Å². The summed E-state index contributed by atoms with van der Waals surface area (Å²) in [6.07, 6.45) is -7.12. The molecule has 0 radical (unpaired) electrons. The second-order valence-corrected chi connectivity index (χ2v) is 21.4. The number of benzene rings is 4. The van der Waals surface area contributed by atoms with Gasteiger partial charge in [-0.15, -0.1) is 0 Å². The van der Waals surface area contributed by atoms with Crippen LogP contribution in [0.5, 0.6) is 23.0 Å². The molecule has 4 aromatic carbocycles. The smallest absolute Gasteiger partial charge is 0.456 e. The highest BCUT2D eigenvalue weighted by atomic mass is 31.2.